The fourth-order valence-electron chi connectivity index (χ4n) is 5.66. The van der Waals surface area contributed by atoms with Crippen molar-refractivity contribution in [2.24, 2.45) is 0 Å². The molecular weight excluding hydrogens is 482 g/mol. The molecule has 2 bridgehead atoms. The topological polar surface area (TPSA) is 85.6 Å². The molecule has 0 saturated heterocycles. The van der Waals surface area contributed by atoms with E-state index in [0.717, 1.165) is 6.07 Å². The number of rotatable bonds is 5. The maximum Gasteiger partial charge on any atom is 0.522 e. The van der Waals surface area contributed by atoms with Crippen LogP contribution in [0, 0.1) is 5.82 Å². The van der Waals surface area contributed by atoms with Gasteiger partial charge in [0.1, 0.15) is 11.6 Å². The maximum atomic E-state index is 13.8. The lowest BCUT2D eigenvalue weighted by Gasteiger charge is -2.70. The molecule has 1 aromatic carbocycles. The zero-order valence-corrected chi connectivity index (χ0v) is 18.4. The minimum atomic E-state index is -4.64. The molecule has 4 atom stereocenters. The number of aromatic nitrogens is 2. The largest absolute Gasteiger partial charge is 0.522 e. The van der Waals surface area contributed by atoms with Gasteiger partial charge in [0.15, 0.2) is 6.10 Å². The maximum absolute atomic E-state index is 13.8. The molecular formula is C22H20ClF4N3O4. The fourth-order valence-corrected chi connectivity index (χ4v) is 5.83. The third-order valence-electron chi connectivity index (χ3n) is 7.34. The van der Waals surface area contributed by atoms with Crippen molar-refractivity contribution in [1.29, 1.82) is 0 Å². The van der Waals surface area contributed by atoms with Crippen molar-refractivity contribution in [2.45, 2.75) is 73.8 Å². The number of benzene rings is 1. The van der Waals surface area contributed by atoms with Crippen LogP contribution in [0.1, 0.15) is 55.3 Å². The van der Waals surface area contributed by atoms with Gasteiger partial charge in [0.25, 0.3) is 5.91 Å². The van der Waals surface area contributed by atoms with Gasteiger partial charge in [-0.1, -0.05) is 11.6 Å². The van der Waals surface area contributed by atoms with E-state index in [0.29, 0.717) is 36.8 Å². The number of ether oxygens (including phenoxy) is 2. The van der Waals surface area contributed by atoms with Crippen LogP contribution in [-0.4, -0.2) is 44.9 Å². The van der Waals surface area contributed by atoms with Crippen molar-refractivity contribution in [3.05, 3.63) is 46.5 Å². The van der Waals surface area contributed by atoms with Crippen LogP contribution in [-0.2, 0) is 15.1 Å². The Balaban J connectivity index is 1.06. The highest BCUT2D eigenvalue weighted by atomic mass is 35.5. The average molecular weight is 502 g/mol. The second kappa shape index (κ2) is 7.08. The number of fused-ring (bicyclic) bond motifs is 1. The van der Waals surface area contributed by atoms with Gasteiger partial charge in [0, 0.05) is 35.7 Å². The molecule has 0 spiro atoms. The van der Waals surface area contributed by atoms with Crippen LogP contribution in [0.15, 0.2) is 24.5 Å². The second-order valence-corrected chi connectivity index (χ2v) is 10.3. The smallest absolute Gasteiger partial charge is 0.480 e. The van der Waals surface area contributed by atoms with Crippen LogP contribution in [0.4, 0.5) is 17.6 Å². The van der Waals surface area contributed by atoms with Gasteiger partial charge in [0.2, 0.25) is 0 Å². The summed E-state index contributed by atoms with van der Waals surface area (Å²) >= 11 is 5.77. The van der Waals surface area contributed by atoms with E-state index in [1.165, 1.54) is 6.07 Å². The third-order valence-corrected chi connectivity index (χ3v) is 7.62. The quantitative estimate of drug-likeness (QED) is 0.610. The number of aliphatic hydroxyl groups is 1. The molecule has 1 amide bonds. The zero-order chi connectivity index (χ0) is 24.0. The van der Waals surface area contributed by atoms with Crippen molar-refractivity contribution in [3.63, 3.8) is 0 Å². The Bertz CT molecular complexity index is 1170. The molecule has 4 saturated carbocycles. The number of nitrogens with zero attached hydrogens (tertiary/aromatic N) is 2. The van der Waals surface area contributed by atoms with Gasteiger partial charge in [-0.3, -0.25) is 14.2 Å². The molecule has 4 fully saturated rings. The first kappa shape index (κ1) is 22.1. The van der Waals surface area contributed by atoms with Gasteiger partial charge in [-0.25, -0.2) is 4.39 Å². The van der Waals surface area contributed by atoms with Crippen LogP contribution in [0.2, 0.25) is 5.02 Å². The summed E-state index contributed by atoms with van der Waals surface area (Å²) in [6.07, 6.45) is -1.90. The Morgan fingerprint density at radius 2 is 2.03 bits per heavy atom. The fraction of sp³-hybridized carbons (Fsp3) is 0.545. The monoisotopic (exact) mass is 501 g/mol. The summed E-state index contributed by atoms with van der Waals surface area (Å²) in [6, 6.07) is 2.36. The molecule has 0 unspecified atom stereocenters. The summed E-state index contributed by atoms with van der Waals surface area (Å²) in [5.41, 5.74) is 0.380. The van der Waals surface area contributed by atoms with E-state index in [-0.39, 0.29) is 34.6 Å². The molecule has 34 heavy (non-hydrogen) atoms. The predicted octanol–water partition coefficient (Wildman–Crippen LogP) is 3.70. The van der Waals surface area contributed by atoms with E-state index in [1.807, 2.05) is 0 Å². The van der Waals surface area contributed by atoms with Crippen molar-refractivity contribution >= 4 is 17.5 Å². The Morgan fingerprint density at radius 3 is 2.74 bits per heavy atom. The van der Waals surface area contributed by atoms with E-state index < -0.39 is 36.0 Å². The number of aliphatic hydroxyl groups excluding tert-OH is 1. The minimum absolute atomic E-state index is 0.0209. The van der Waals surface area contributed by atoms with Crippen molar-refractivity contribution in [1.82, 2.24) is 15.1 Å². The van der Waals surface area contributed by atoms with Crippen LogP contribution < -0.4 is 10.1 Å². The van der Waals surface area contributed by atoms with Gasteiger partial charge < -0.3 is 15.2 Å². The number of hydrogen-bond acceptors (Lipinski definition) is 5. The molecule has 7 rings (SSSR count). The molecule has 1 aliphatic heterocycles. The highest BCUT2D eigenvalue weighted by Crippen LogP contribution is 2.65. The number of amides is 1. The molecule has 2 N–H and O–H groups in total. The number of hydrogen-bond donors (Lipinski definition) is 2. The average Bonchev–Trinajstić information content (AvgIpc) is 3.25. The second-order valence-electron chi connectivity index (χ2n) is 9.85. The lowest BCUT2D eigenvalue weighted by Crippen LogP contribution is -2.79. The van der Waals surface area contributed by atoms with E-state index in [4.69, 9.17) is 16.3 Å². The van der Waals surface area contributed by atoms with Gasteiger partial charge in [-0.15, -0.1) is 13.2 Å². The summed E-state index contributed by atoms with van der Waals surface area (Å²) in [5, 5.41) is 17.6. The normalized spacial score (nSPS) is 35.5. The predicted molar refractivity (Wildman–Crippen MR) is 109 cm³/mol. The first-order valence-electron chi connectivity index (χ1n) is 10.9. The Kier molecular flexibility index (Phi) is 4.61. The molecule has 7 nitrogen and oxygen atoms in total. The zero-order valence-electron chi connectivity index (χ0n) is 17.6. The molecule has 2 aromatic rings. The molecule has 1 aromatic heterocycles. The summed E-state index contributed by atoms with van der Waals surface area (Å²) in [5.74, 6) is -1.31. The standard InChI is InChI=1S/C22H20ClF4N3O4/c23-13-1-12-15(31)4-18(33-16(12)3-14(13)24)19(32)29-20-7-21(8-20,9-20)30-6-10(5-28-30)11-2-17(11)34-22(25,26)27/h1,3,5-6,11,15,17-18,31H,2,4,7-9H2,(H,29,32)/t11-,15+,17-,18+,20?,21?/m0/s1. The highest BCUT2D eigenvalue weighted by molar-refractivity contribution is 6.30. The van der Waals surface area contributed by atoms with Crippen molar-refractivity contribution in [2.75, 3.05) is 0 Å². The first-order chi connectivity index (χ1) is 16.0. The summed E-state index contributed by atoms with van der Waals surface area (Å²) in [4.78, 5) is 12.8. The van der Waals surface area contributed by atoms with Crippen molar-refractivity contribution in [3.8, 4) is 5.75 Å². The SMILES string of the molecule is O=C(NC12CC(n3cc([C@@H]4C[C@@H]4OC(F)(F)F)cn3)(C1)C2)[C@H]1C[C@@H](O)c2cc(Cl)c(F)cc2O1. The van der Waals surface area contributed by atoms with E-state index in [2.05, 4.69) is 15.2 Å². The lowest BCUT2D eigenvalue weighted by molar-refractivity contribution is -0.330. The molecule has 2 heterocycles. The van der Waals surface area contributed by atoms with E-state index in [9.17, 15) is 27.5 Å². The van der Waals surface area contributed by atoms with Crippen molar-refractivity contribution < 1.29 is 36.9 Å². The van der Waals surface area contributed by atoms with Crippen LogP contribution in [0.5, 0.6) is 5.75 Å². The van der Waals surface area contributed by atoms with Crippen LogP contribution >= 0.6 is 11.6 Å². The Labute approximate surface area is 196 Å². The summed E-state index contributed by atoms with van der Waals surface area (Å²) in [7, 11) is 0. The molecule has 12 heteroatoms. The molecule has 182 valence electrons. The number of halogens is 5. The van der Waals surface area contributed by atoms with Gasteiger partial charge in [-0.2, -0.15) is 5.10 Å². The number of carbonyl (C=O) groups excluding carboxylic acids is 1. The molecule has 4 aliphatic carbocycles. The highest BCUT2D eigenvalue weighted by Gasteiger charge is 2.70. The lowest BCUT2D eigenvalue weighted by atomic mass is 9.44. The molecule has 0 radical (unpaired) electrons. The van der Waals surface area contributed by atoms with Gasteiger partial charge in [-0.05, 0) is 37.3 Å². The minimum Gasteiger partial charge on any atom is -0.480 e. The van der Waals surface area contributed by atoms with Crippen LogP contribution in [0.3, 0.4) is 0 Å². The van der Waals surface area contributed by atoms with Gasteiger partial charge >= 0.3 is 6.36 Å². The summed E-state index contributed by atoms with van der Waals surface area (Å²) in [6.45, 7) is 0. The number of nitrogens with one attached hydrogen (secondary N) is 1. The molecule has 5 aliphatic rings. The number of carbonyl (C=O) groups is 1. The van der Waals surface area contributed by atoms with Crippen LogP contribution in [0.25, 0.3) is 0 Å². The summed E-state index contributed by atoms with van der Waals surface area (Å²) < 4.78 is 62.5. The third kappa shape index (κ3) is 3.56. The van der Waals surface area contributed by atoms with E-state index >= 15 is 0 Å². The van der Waals surface area contributed by atoms with E-state index in [1.54, 1.807) is 17.1 Å². The first-order valence-corrected chi connectivity index (χ1v) is 11.3. The number of alkyl halides is 3. The Hall–Kier alpha value is -2.37. The Morgan fingerprint density at radius 1 is 1.29 bits per heavy atom. The van der Waals surface area contributed by atoms with Gasteiger partial charge in [0.05, 0.1) is 29.0 Å².